The van der Waals surface area contributed by atoms with E-state index in [4.69, 9.17) is 4.74 Å². The Bertz CT molecular complexity index is 195. The summed E-state index contributed by atoms with van der Waals surface area (Å²) in [5.74, 6) is 0.773. The first-order valence-corrected chi connectivity index (χ1v) is 5.16. The minimum atomic E-state index is 0.0202. The maximum atomic E-state index is 11.8. The zero-order valence-electron chi connectivity index (χ0n) is 9.25. The van der Waals surface area contributed by atoms with Crippen LogP contribution in [0.2, 0.25) is 0 Å². The van der Waals surface area contributed by atoms with Gasteiger partial charge in [0.25, 0.3) is 0 Å². The highest BCUT2D eigenvalue weighted by molar-refractivity contribution is 5.83. The van der Waals surface area contributed by atoms with Gasteiger partial charge in [-0.2, -0.15) is 0 Å². The molecule has 0 aliphatic carbocycles. The lowest BCUT2D eigenvalue weighted by atomic mass is 10.0. The second kappa shape index (κ2) is 5.32. The van der Waals surface area contributed by atoms with Crippen molar-refractivity contribution >= 4 is 5.91 Å². The lowest BCUT2D eigenvalue weighted by Crippen LogP contribution is -2.33. The van der Waals surface area contributed by atoms with Gasteiger partial charge in [-0.3, -0.25) is 10.1 Å². The van der Waals surface area contributed by atoms with Gasteiger partial charge in [-0.25, -0.2) is 0 Å². The van der Waals surface area contributed by atoms with Gasteiger partial charge in [-0.1, -0.05) is 13.8 Å². The topological polar surface area (TPSA) is 41.6 Å². The molecule has 0 saturated carbocycles. The molecule has 0 radical (unpaired) electrons. The number of amides is 1. The Balaban J connectivity index is 2.35. The minimum Gasteiger partial charge on any atom is -0.383 e. The Morgan fingerprint density at radius 1 is 1.64 bits per heavy atom. The number of hydrogen-bond acceptors (Lipinski definition) is 3. The Hall–Kier alpha value is -0.610. The van der Waals surface area contributed by atoms with Crippen molar-refractivity contribution in [1.29, 1.82) is 0 Å². The Kier molecular flexibility index (Phi) is 4.35. The summed E-state index contributed by atoms with van der Waals surface area (Å²) < 4.78 is 4.95. The second-order valence-corrected chi connectivity index (χ2v) is 4.14. The van der Waals surface area contributed by atoms with E-state index in [1.807, 2.05) is 4.90 Å². The first kappa shape index (κ1) is 11.5. The van der Waals surface area contributed by atoms with Gasteiger partial charge >= 0.3 is 0 Å². The number of methoxy groups -OCH3 is 1. The summed E-state index contributed by atoms with van der Waals surface area (Å²) in [6.45, 7) is 6.23. The van der Waals surface area contributed by atoms with E-state index in [1.165, 1.54) is 0 Å². The first-order valence-electron chi connectivity index (χ1n) is 5.16. The second-order valence-electron chi connectivity index (χ2n) is 4.14. The molecule has 1 N–H and O–H groups in total. The van der Waals surface area contributed by atoms with Gasteiger partial charge in [0.15, 0.2) is 0 Å². The zero-order chi connectivity index (χ0) is 10.6. The average molecular weight is 200 g/mol. The van der Waals surface area contributed by atoms with E-state index < -0.39 is 0 Å². The number of carbonyl (C=O) groups is 1. The Morgan fingerprint density at radius 2 is 2.36 bits per heavy atom. The van der Waals surface area contributed by atoms with E-state index in [0.717, 1.165) is 6.42 Å². The Labute approximate surface area is 85.6 Å². The highest BCUT2D eigenvalue weighted by atomic mass is 16.5. The number of rotatable bonds is 5. The molecule has 82 valence electrons. The molecule has 0 aromatic carbocycles. The highest BCUT2D eigenvalue weighted by Gasteiger charge is 2.30. The summed E-state index contributed by atoms with van der Waals surface area (Å²) in [6.07, 6.45) is 0.919. The van der Waals surface area contributed by atoms with Crippen LogP contribution < -0.4 is 5.32 Å². The molecule has 1 heterocycles. The molecule has 1 aliphatic rings. The van der Waals surface area contributed by atoms with Crippen LogP contribution in [0.5, 0.6) is 0 Å². The number of nitrogens with one attached hydrogen (secondary N) is 1. The molecule has 1 unspecified atom stereocenters. The third-order valence-electron chi connectivity index (χ3n) is 2.41. The van der Waals surface area contributed by atoms with E-state index in [-0.39, 0.29) is 11.9 Å². The molecule has 4 heteroatoms. The van der Waals surface area contributed by atoms with Gasteiger partial charge in [0.05, 0.1) is 19.3 Å². The zero-order valence-corrected chi connectivity index (χ0v) is 9.25. The smallest absolute Gasteiger partial charge is 0.240 e. The van der Waals surface area contributed by atoms with Gasteiger partial charge in [-0.15, -0.1) is 0 Å². The van der Waals surface area contributed by atoms with Crippen LogP contribution in [-0.4, -0.2) is 43.8 Å². The molecule has 1 rings (SSSR count). The third kappa shape index (κ3) is 2.96. The van der Waals surface area contributed by atoms with Gasteiger partial charge in [0.2, 0.25) is 5.91 Å². The van der Waals surface area contributed by atoms with Crippen LogP contribution in [0, 0.1) is 5.92 Å². The molecular formula is C10H20N2O2. The minimum absolute atomic E-state index is 0.0202. The number of hydrogen-bond donors (Lipinski definition) is 1. The molecule has 1 amide bonds. The average Bonchev–Trinajstić information content (AvgIpc) is 2.45. The highest BCUT2D eigenvalue weighted by Crippen LogP contribution is 2.11. The van der Waals surface area contributed by atoms with Crippen molar-refractivity contribution < 1.29 is 9.53 Å². The van der Waals surface area contributed by atoms with E-state index in [2.05, 4.69) is 19.2 Å². The molecule has 1 atom stereocenters. The number of ether oxygens (including phenoxy) is 1. The molecule has 1 fully saturated rings. The van der Waals surface area contributed by atoms with Crippen molar-refractivity contribution in [3.05, 3.63) is 0 Å². The van der Waals surface area contributed by atoms with Gasteiger partial charge in [-0.05, 0) is 12.3 Å². The van der Waals surface area contributed by atoms with Crippen LogP contribution in [0.3, 0.4) is 0 Å². The van der Waals surface area contributed by atoms with Crippen molar-refractivity contribution in [1.82, 2.24) is 10.2 Å². The van der Waals surface area contributed by atoms with Crippen molar-refractivity contribution in [2.24, 2.45) is 5.92 Å². The van der Waals surface area contributed by atoms with Crippen LogP contribution in [-0.2, 0) is 9.53 Å². The summed E-state index contributed by atoms with van der Waals surface area (Å²) >= 11 is 0. The van der Waals surface area contributed by atoms with E-state index in [9.17, 15) is 4.79 Å². The van der Waals surface area contributed by atoms with E-state index in [0.29, 0.717) is 25.7 Å². The van der Waals surface area contributed by atoms with Crippen LogP contribution in [0.1, 0.15) is 20.3 Å². The van der Waals surface area contributed by atoms with Crippen LogP contribution in [0.15, 0.2) is 0 Å². The summed E-state index contributed by atoms with van der Waals surface area (Å²) in [4.78, 5) is 13.6. The van der Waals surface area contributed by atoms with Crippen LogP contribution in [0.25, 0.3) is 0 Å². The van der Waals surface area contributed by atoms with Crippen LogP contribution >= 0.6 is 0 Å². The lowest BCUT2D eigenvalue weighted by molar-refractivity contribution is -0.129. The third-order valence-corrected chi connectivity index (χ3v) is 2.41. The number of carbonyl (C=O) groups excluding carboxylic acids is 1. The maximum Gasteiger partial charge on any atom is 0.240 e. The molecule has 1 saturated heterocycles. The molecule has 0 aromatic rings. The largest absolute Gasteiger partial charge is 0.383 e. The number of nitrogens with zero attached hydrogens (tertiary/aromatic N) is 1. The van der Waals surface area contributed by atoms with Gasteiger partial charge < -0.3 is 9.64 Å². The van der Waals surface area contributed by atoms with Gasteiger partial charge in [0.1, 0.15) is 0 Å². The van der Waals surface area contributed by atoms with Crippen molar-refractivity contribution in [2.45, 2.75) is 26.3 Å². The molecular weight excluding hydrogens is 180 g/mol. The predicted octanol–water partition coefficient (Wildman–Crippen LogP) is 0.437. The van der Waals surface area contributed by atoms with Crippen molar-refractivity contribution in [3.63, 3.8) is 0 Å². The normalized spacial score (nSPS) is 22.4. The van der Waals surface area contributed by atoms with E-state index >= 15 is 0 Å². The SMILES string of the molecule is COCCN1CNC(CC(C)C)C1=O. The molecule has 4 nitrogen and oxygen atoms in total. The fourth-order valence-electron chi connectivity index (χ4n) is 1.65. The monoisotopic (exact) mass is 200 g/mol. The summed E-state index contributed by atoms with van der Waals surface area (Å²) in [7, 11) is 1.65. The van der Waals surface area contributed by atoms with Gasteiger partial charge in [0, 0.05) is 13.7 Å². The fraction of sp³-hybridized carbons (Fsp3) is 0.900. The molecule has 1 aliphatic heterocycles. The Morgan fingerprint density at radius 3 is 2.93 bits per heavy atom. The molecule has 0 bridgehead atoms. The summed E-state index contributed by atoms with van der Waals surface area (Å²) in [6, 6.07) is 0.0202. The lowest BCUT2D eigenvalue weighted by Gasteiger charge is -2.15. The quantitative estimate of drug-likeness (QED) is 0.700. The maximum absolute atomic E-state index is 11.8. The summed E-state index contributed by atoms with van der Waals surface area (Å²) in [5.41, 5.74) is 0. The van der Waals surface area contributed by atoms with Crippen LogP contribution in [0.4, 0.5) is 0 Å². The summed E-state index contributed by atoms with van der Waals surface area (Å²) in [5, 5.41) is 3.22. The fourth-order valence-corrected chi connectivity index (χ4v) is 1.65. The molecule has 14 heavy (non-hydrogen) atoms. The first-order chi connectivity index (χ1) is 6.65. The molecule has 0 spiro atoms. The molecule has 0 aromatic heterocycles. The standard InChI is InChI=1S/C10H20N2O2/c1-8(2)6-9-10(13)12(7-11-9)4-5-14-3/h8-9,11H,4-7H2,1-3H3. The van der Waals surface area contributed by atoms with Crippen molar-refractivity contribution in [3.8, 4) is 0 Å². The predicted molar refractivity (Wildman–Crippen MR) is 54.8 cm³/mol. The van der Waals surface area contributed by atoms with Crippen molar-refractivity contribution in [2.75, 3.05) is 26.9 Å². The van der Waals surface area contributed by atoms with E-state index in [1.54, 1.807) is 7.11 Å².